The Labute approximate surface area is 123 Å². The van der Waals surface area contributed by atoms with Crippen molar-refractivity contribution in [1.82, 2.24) is 9.80 Å². The van der Waals surface area contributed by atoms with Crippen molar-refractivity contribution in [3.63, 3.8) is 0 Å². The number of rotatable bonds is 4. The molecule has 1 saturated carbocycles. The zero-order valence-electron chi connectivity index (χ0n) is 13.1. The van der Waals surface area contributed by atoms with Crippen LogP contribution in [-0.4, -0.2) is 59.6 Å². The van der Waals surface area contributed by atoms with Crippen LogP contribution in [0.5, 0.6) is 0 Å². The minimum absolute atomic E-state index is 0.179. The minimum atomic E-state index is 0.179. The molecule has 0 aromatic carbocycles. The van der Waals surface area contributed by atoms with E-state index in [1.807, 2.05) is 11.9 Å². The number of aliphatic hydroxyl groups is 1. The van der Waals surface area contributed by atoms with E-state index >= 15 is 0 Å². The van der Waals surface area contributed by atoms with Gasteiger partial charge >= 0.3 is 0 Å². The molecule has 1 aliphatic heterocycles. The first kappa shape index (κ1) is 15.8. The maximum Gasteiger partial charge on any atom is 0.236 e. The number of likely N-dealkylation sites (N-methyl/N-ethyl adjacent to an activating group) is 1. The van der Waals surface area contributed by atoms with Crippen molar-refractivity contribution in [2.75, 3.05) is 26.7 Å². The predicted octanol–water partition coefficient (Wildman–Crippen LogP) is 1.87. The molecule has 2 rings (SSSR count). The van der Waals surface area contributed by atoms with Gasteiger partial charge < -0.3 is 10.0 Å². The summed E-state index contributed by atoms with van der Waals surface area (Å²) in [6.45, 7) is 3.91. The second-order valence-corrected chi connectivity index (χ2v) is 6.72. The fourth-order valence-electron chi connectivity index (χ4n) is 3.59. The summed E-state index contributed by atoms with van der Waals surface area (Å²) in [7, 11) is 1.96. The summed E-state index contributed by atoms with van der Waals surface area (Å²) in [5, 5.41) is 9.42. The standard InChI is InChI=1S/C16H30N2O2/c1-13-6-8-14(9-7-13)17(2)16(20)11-18-10-4-3-5-15(18)12-19/h13-15,19H,3-12H2,1-2H3. The second-order valence-electron chi connectivity index (χ2n) is 6.72. The van der Waals surface area contributed by atoms with Crippen molar-refractivity contribution < 1.29 is 9.90 Å². The summed E-state index contributed by atoms with van der Waals surface area (Å²) >= 11 is 0. The predicted molar refractivity (Wildman–Crippen MR) is 80.5 cm³/mol. The van der Waals surface area contributed by atoms with Crippen molar-refractivity contribution in [2.24, 2.45) is 5.92 Å². The lowest BCUT2D eigenvalue weighted by atomic mass is 9.87. The van der Waals surface area contributed by atoms with Gasteiger partial charge in [0.2, 0.25) is 5.91 Å². The molecular formula is C16H30N2O2. The summed E-state index contributed by atoms with van der Waals surface area (Å²) in [5.74, 6) is 1.04. The molecule has 20 heavy (non-hydrogen) atoms. The molecule has 1 saturated heterocycles. The molecule has 0 spiro atoms. The Morgan fingerprint density at radius 1 is 1.20 bits per heavy atom. The number of piperidine rings is 1. The summed E-state index contributed by atoms with van der Waals surface area (Å²) in [5.41, 5.74) is 0. The molecule has 4 heteroatoms. The number of amides is 1. The normalized spacial score (nSPS) is 32.0. The van der Waals surface area contributed by atoms with Gasteiger partial charge in [0.25, 0.3) is 0 Å². The van der Waals surface area contributed by atoms with Gasteiger partial charge in [-0.1, -0.05) is 13.3 Å². The Morgan fingerprint density at radius 3 is 2.55 bits per heavy atom. The summed E-state index contributed by atoms with van der Waals surface area (Å²) in [6.07, 6.45) is 8.12. The van der Waals surface area contributed by atoms with Crippen LogP contribution in [0.25, 0.3) is 0 Å². The molecular weight excluding hydrogens is 252 g/mol. The molecule has 1 atom stereocenters. The highest BCUT2D eigenvalue weighted by molar-refractivity contribution is 5.78. The van der Waals surface area contributed by atoms with E-state index in [1.54, 1.807) is 0 Å². The van der Waals surface area contributed by atoms with E-state index in [9.17, 15) is 9.90 Å². The average molecular weight is 282 g/mol. The van der Waals surface area contributed by atoms with E-state index in [2.05, 4.69) is 11.8 Å². The number of hydrogen-bond donors (Lipinski definition) is 1. The number of hydrogen-bond acceptors (Lipinski definition) is 3. The summed E-state index contributed by atoms with van der Waals surface area (Å²) in [4.78, 5) is 16.6. The van der Waals surface area contributed by atoms with Crippen molar-refractivity contribution >= 4 is 5.91 Å². The Kier molecular flexibility index (Phi) is 5.85. The van der Waals surface area contributed by atoms with Crippen molar-refractivity contribution in [3.05, 3.63) is 0 Å². The van der Waals surface area contributed by atoms with Gasteiger partial charge in [0.1, 0.15) is 0 Å². The Bertz CT molecular complexity index is 314. The average Bonchev–Trinajstić information content (AvgIpc) is 2.48. The van der Waals surface area contributed by atoms with E-state index in [4.69, 9.17) is 0 Å². The first-order chi connectivity index (χ1) is 9.61. The largest absolute Gasteiger partial charge is 0.395 e. The van der Waals surface area contributed by atoms with Crippen LogP contribution in [0.2, 0.25) is 0 Å². The van der Waals surface area contributed by atoms with Crippen LogP contribution in [0.4, 0.5) is 0 Å². The molecule has 1 aliphatic carbocycles. The van der Waals surface area contributed by atoms with Crippen LogP contribution in [0.3, 0.4) is 0 Å². The maximum atomic E-state index is 12.5. The number of nitrogens with zero attached hydrogens (tertiary/aromatic N) is 2. The van der Waals surface area contributed by atoms with Gasteiger partial charge in [0.05, 0.1) is 13.2 Å². The molecule has 2 aliphatic rings. The van der Waals surface area contributed by atoms with Crippen molar-refractivity contribution in [2.45, 2.75) is 64.0 Å². The van der Waals surface area contributed by atoms with Crippen LogP contribution in [0.15, 0.2) is 0 Å². The zero-order chi connectivity index (χ0) is 14.5. The lowest BCUT2D eigenvalue weighted by Gasteiger charge is -2.38. The van der Waals surface area contributed by atoms with Gasteiger partial charge in [-0.15, -0.1) is 0 Å². The lowest BCUT2D eigenvalue weighted by Crippen LogP contribution is -2.49. The third kappa shape index (κ3) is 3.95. The lowest BCUT2D eigenvalue weighted by molar-refractivity contribution is -0.135. The molecule has 4 nitrogen and oxygen atoms in total. The third-order valence-electron chi connectivity index (χ3n) is 5.22. The van der Waals surface area contributed by atoms with Crippen LogP contribution in [0, 0.1) is 5.92 Å². The van der Waals surface area contributed by atoms with E-state index in [1.165, 1.54) is 19.3 Å². The first-order valence-corrected chi connectivity index (χ1v) is 8.22. The smallest absolute Gasteiger partial charge is 0.236 e. The monoisotopic (exact) mass is 282 g/mol. The van der Waals surface area contributed by atoms with E-state index in [0.717, 1.165) is 38.1 Å². The summed E-state index contributed by atoms with van der Waals surface area (Å²) < 4.78 is 0. The van der Waals surface area contributed by atoms with Gasteiger partial charge in [0, 0.05) is 19.1 Å². The molecule has 1 amide bonds. The van der Waals surface area contributed by atoms with E-state index < -0.39 is 0 Å². The molecule has 1 unspecified atom stereocenters. The molecule has 0 radical (unpaired) electrons. The molecule has 0 aromatic rings. The van der Waals surface area contributed by atoms with Crippen LogP contribution in [0.1, 0.15) is 51.9 Å². The number of aliphatic hydroxyl groups excluding tert-OH is 1. The summed E-state index contributed by atoms with van der Waals surface area (Å²) in [6, 6.07) is 0.614. The van der Waals surface area contributed by atoms with Gasteiger partial charge in [-0.2, -0.15) is 0 Å². The molecule has 1 N–H and O–H groups in total. The Morgan fingerprint density at radius 2 is 1.90 bits per heavy atom. The van der Waals surface area contributed by atoms with Gasteiger partial charge in [-0.3, -0.25) is 9.69 Å². The first-order valence-electron chi connectivity index (χ1n) is 8.22. The van der Waals surface area contributed by atoms with Crippen LogP contribution < -0.4 is 0 Å². The molecule has 2 fully saturated rings. The van der Waals surface area contributed by atoms with Crippen LogP contribution >= 0.6 is 0 Å². The quantitative estimate of drug-likeness (QED) is 0.856. The van der Waals surface area contributed by atoms with Crippen molar-refractivity contribution in [1.29, 1.82) is 0 Å². The number of carbonyl (C=O) groups is 1. The third-order valence-corrected chi connectivity index (χ3v) is 5.22. The maximum absolute atomic E-state index is 12.5. The minimum Gasteiger partial charge on any atom is -0.395 e. The fraction of sp³-hybridized carbons (Fsp3) is 0.938. The highest BCUT2D eigenvalue weighted by Crippen LogP contribution is 2.26. The number of carbonyl (C=O) groups excluding carboxylic acids is 1. The molecule has 116 valence electrons. The fourth-order valence-corrected chi connectivity index (χ4v) is 3.59. The van der Waals surface area contributed by atoms with Crippen LogP contribution in [-0.2, 0) is 4.79 Å². The van der Waals surface area contributed by atoms with Gasteiger partial charge in [-0.05, 0) is 51.0 Å². The zero-order valence-corrected chi connectivity index (χ0v) is 13.1. The number of likely N-dealkylation sites (tertiary alicyclic amines) is 1. The second kappa shape index (κ2) is 7.41. The Balaban J connectivity index is 1.83. The Hall–Kier alpha value is -0.610. The van der Waals surface area contributed by atoms with Crippen molar-refractivity contribution in [3.8, 4) is 0 Å². The highest BCUT2D eigenvalue weighted by Gasteiger charge is 2.28. The van der Waals surface area contributed by atoms with E-state index in [0.29, 0.717) is 12.6 Å². The molecule has 1 heterocycles. The topological polar surface area (TPSA) is 43.8 Å². The van der Waals surface area contributed by atoms with E-state index in [-0.39, 0.29) is 18.6 Å². The highest BCUT2D eigenvalue weighted by atomic mass is 16.3. The molecule has 0 aromatic heterocycles. The van der Waals surface area contributed by atoms with Gasteiger partial charge in [-0.25, -0.2) is 0 Å². The molecule has 0 bridgehead atoms. The SMILES string of the molecule is CC1CCC(N(C)C(=O)CN2CCCCC2CO)CC1. The van der Waals surface area contributed by atoms with Gasteiger partial charge in [0.15, 0.2) is 0 Å².